The number of rotatable bonds is 3. The number of anilines is 2. The first-order valence-corrected chi connectivity index (χ1v) is 10.0. The first-order valence-electron chi connectivity index (χ1n) is 9.29. The predicted molar refractivity (Wildman–Crippen MR) is 117 cm³/mol. The number of nitrogens with one attached hydrogen (secondary N) is 1. The number of carbonyl (C=O) groups is 2. The van der Waals surface area contributed by atoms with Gasteiger partial charge in [0.2, 0.25) is 0 Å². The predicted octanol–water partition coefficient (Wildman–Crippen LogP) is 5.84. The highest BCUT2D eigenvalue weighted by Crippen LogP contribution is 2.31. The van der Waals surface area contributed by atoms with Gasteiger partial charge < -0.3 is 10.2 Å². The van der Waals surface area contributed by atoms with E-state index >= 15 is 0 Å². The normalized spacial score (nSPS) is 13.0. The number of nitrogens with zero attached hydrogens (tertiary/aromatic N) is 1. The second-order valence-corrected chi connectivity index (χ2v) is 7.69. The molecule has 0 unspecified atom stereocenters. The standard InChI is InChI=1S/C23H18Cl2N2O2/c24-17-8-10-19(20(25)14-17)22(28)26-18-9-11-21-16(13-18)7-4-12-27(21)23(29)15-5-2-1-3-6-15/h1-3,5-6,8-11,13-14H,4,7,12H2,(H,26,28). The summed E-state index contributed by atoms with van der Waals surface area (Å²) in [6, 6.07) is 19.6. The fourth-order valence-electron chi connectivity index (χ4n) is 3.49. The Morgan fingerprint density at radius 3 is 2.48 bits per heavy atom. The van der Waals surface area contributed by atoms with E-state index in [2.05, 4.69) is 5.32 Å². The second-order valence-electron chi connectivity index (χ2n) is 6.85. The van der Waals surface area contributed by atoms with Crippen LogP contribution in [-0.2, 0) is 6.42 Å². The van der Waals surface area contributed by atoms with Crippen LogP contribution in [0.1, 0.15) is 32.7 Å². The van der Waals surface area contributed by atoms with Crippen LogP contribution in [0.25, 0.3) is 0 Å². The molecule has 3 aromatic rings. The molecule has 0 fully saturated rings. The first-order chi connectivity index (χ1) is 14.0. The van der Waals surface area contributed by atoms with Gasteiger partial charge in [-0.05, 0) is 66.9 Å². The molecule has 0 spiro atoms. The smallest absolute Gasteiger partial charge is 0.258 e. The minimum absolute atomic E-state index is 0.0173. The lowest BCUT2D eigenvalue weighted by molar-refractivity contribution is 0.0983. The summed E-state index contributed by atoms with van der Waals surface area (Å²) in [5, 5.41) is 3.65. The maximum atomic E-state index is 12.9. The van der Waals surface area contributed by atoms with Gasteiger partial charge in [-0.25, -0.2) is 0 Å². The Bertz CT molecular complexity index is 1080. The highest BCUT2D eigenvalue weighted by atomic mass is 35.5. The SMILES string of the molecule is O=C(Nc1ccc2c(c1)CCCN2C(=O)c1ccccc1)c1ccc(Cl)cc1Cl. The minimum Gasteiger partial charge on any atom is -0.322 e. The molecule has 2 amide bonds. The lowest BCUT2D eigenvalue weighted by Gasteiger charge is -2.30. The Morgan fingerprint density at radius 2 is 1.72 bits per heavy atom. The first kappa shape index (κ1) is 19.5. The van der Waals surface area contributed by atoms with Gasteiger partial charge >= 0.3 is 0 Å². The largest absolute Gasteiger partial charge is 0.322 e. The highest BCUT2D eigenvalue weighted by molar-refractivity contribution is 6.37. The quantitative estimate of drug-likeness (QED) is 0.573. The zero-order valence-corrected chi connectivity index (χ0v) is 17.0. The molecule has 146 valence electrons. The van der Waals surface area contributed by atoms with E-state index in [-0.39, 0.29) is 11.8 Å². The van der Waals surface area contributed by atoms with Crippen molar-refractivity contribution in [2.75, 3.05) is 16.8 Å². The fourth-order valence-corrected chi connectivity index (χ4v) is 3.99. The van der Waals surface area contributed by atoms with Crippen molar-refractivity contribution in [2.24, 2.45) is 0 Å². The summed E-state index contributed by atoms with van der Waals surface area (Å²) >= 11 is 12.0. The van der Waals surface area contributed by atoms with Gasteiger partial charge in [0, 0.05) is 28.5 Å². The van der Waals surface area contributed by atoms with Crippen LogP contribution in [0, 0.1) is 0 Å². The number of benzene rings is 3. The average Bonchev–Trinajstić information content (AvgIpc) is 2.73. The van der Waals surface area contributed by atoms with E-state index in [0.29, 0.717) is 33.4 Å². The van der Waals surface area contributed by atoms with E-state index in [9.17, 15) is 9.59 Å². The van der Waals surface area contributed by atoms with Crippen LogP contribution in [-0.4, -0.2) is 18.4 Å². The molecule has 0 radical (unpaired) electrons. The number of amides is 2. The molecule has 1 aliphatic rings. The van der Waals surface area contributed by atoms with Crippen LogP contribution < -0.4 is 10.2 Å². The topological polar surface area (TPSA) is 49.4 Å². The van der Waals surface area contributed by atoms with Gasteiger partial charge in [0.15, 0.2) is 0 Å². The molecule has 0 aromatic heterocycles. The summed E-state index contributed by atoms with van der Waals surface area (Å²) in [7, 11) is 0. The Morgan fingerprint density at radius 1 is 0.931 bits per heavy atom. The number of fused-ring (bicyclic) bond motifs is 1. The van der Waals surface area contributed by atoms with Crippen molar-refractivity contribution in [3.63, 3.8) is 0 Å². The Balaban J connectivity index is 1.57. The molecule has 4 nitrogen and oxygen atoms in total. The summed E-state index contributed by atoms with van der Waals surface area (Å²) in [6.07, 6.45) is 1.71. The zero-order chi connectivity index (χ0) is 20.4. The molecule has 1 aliphatic heterocycles. The summed E-state index contributed by atoms with van der Waals surface area (Å²) in [5.41, 5.74) is 3.59. The molecule has 1 heterocycles. The average molecular weight is 425 g/mol. The van der Waals surface area contributed by atoms with Gasteiger partial charge in [-0.2, -0.15) is 0 Å². The number of hydrogen-bond acceptors (Lipinski definition) is 2. The van der Waals surface area contributed by atoms with E-state index in [1.54, 1.807) is 23.1 Å². The number of hydrogen-bond donors (Lipinski definition) is 1. The molecule has 6 heteroatoms. The van der Waals surface area contributed by atoms with Gasteiger partial charge in [-0.15, -0.1) is 0 Å². The Labute approximate surface area is 179 Å². The van der Waals surface area contributed by atoms with Crippen molar-refractivity contribution >= 4 is 46.4 Å². The van der Waals surface area contributed by atoms with E-state index in [0.717, 1.165) is 24.1 Å². The molecule has 0 aliphatic carbocycles. The monoisotopic (exact) mass is 424 g/mol. The van der Waals surface area contributed by atoms with E-state index in [1.807, 2.05) is 42.5 Å². The van der Waals surface area contributed by atoms with Crippen molar-refractivity contribution in [1.29, 1.82) is 0 Å². The fraction of sp³-hybridized carbons (Fsp3) is 0.130. The molecule has 0 bridgehead atoms. The van der Waals surface area contributed by atoms with Crippen LogP contribution in [0.15, 0.2) is 66.7 Å². The second kappa shape index (κ2) is 8.27. The van der Waals surface area contributed by atoms with Crippen molar-refractivity contribution in [3.05, 3.63) is 93.5 Å². The van der Waals surface area contributed by atoms with Crippen LogP contribution >= 0.6 is 23.2 Å². The number of aryl methyl sites for hydroxylation is 1. The van der Waals surface area contributed by atoms with Crippen LogP contribution in [0.5, 0.6) is 0 Å². The molecule has 0 saturated carbocycles. The van der Waals surface area contributed by atoms with Crippen molar-refractivity contribution in [1.82, 2.24) is 0 Å². The minimum atomic E-state index is -0.306. The van der Waals surface area contributed by atoms with Crippen molar-refractivity contribution < 1.29 is 9.59 Å². The van der Waals surface area contributed by atoms with Crippen LogP contribution in [0.3, 0.4) is 0 Å². The Kier molecular flexibility index (Phi) is 5.56. The van der Waals surface area contributed by atoms with Crippen LogP contribution in [0.4, 0.5) is 11.4 Å². The third-order valence-corrected chi connectivity index (χ3v) is 5.45. The molecule has 3 aromatic carbocycles. The van der Waals surface area contributed by atoms with E-state index in [1.165, 1.54) is 6.07 Å². The van der Waals surface area contributed by atoms with Gasteiger partial charge in [0.25, 0.3) is 11.8 Å². The maximum absolute atomic E-state index is 12.9. The molecule has 1 N–H and O–H groups in total. The number of halogens is 2. The summed E-state index contributed by atoms with van der Waals surface area (Å²) in [6.45, 7) is 0.673. The summed E-state index contributed by atoms with van der Waals surface area (Å²) < 4.78 is 0. The van der Waals surface area contributed by atoms with Crippen molar-refractivity contribution in [2.45, 2.75) is 12.8 Å². The third-order valence-electron chi connectivity index (χ3n) is 4.90. The van der Waals surface area contributed by atoms with E-state index < -0.39 is 0 Å². The molecular formula is C23H18Cl2N2O2. The molecule has 0 saturated heterocycles. The highest BCUT2D eigenvalue weighted by Gasteiger charge is 2.24. The van der Waals surface area contributed by atoms with Gasteiger partial charge in [-0.3, -0.25) is 9.59 Å². The summed E-state index contributed by atoms with van der Waals surface area (Å²) in [4.78, 5) is 27.3. The molecular weight excluding hydrogens is 407 g/mol. The Hall–Kier alpha value is -2.82. The zero-order valence-electron chi connectivity index (χ0n) is 15.5. The summed E-state index contributed by atoms with van der Waals surface area (Å²) in [5.74, 6) is -0.323. The molecule has 0 atom stereocenters. The van der Waals surface area contributed by atoms with Gasteiger partial charge in [0.05, 0.1) is 10.6 Å². The van der Waals surface area contributed by atoms with Gasteiger partial charge in [-0.1, -0.05) is 41.4 Å². The third kappa shape index (κ3) is 4.14. The van der Waals surface area contributed by atoms with Gasteiger partial charge in [0.1, 0.15) is 0 Å². The number of carbonyl (C=O) groups excluding carboxylic acids is 2. The molecule has 4 rings (SSSR count). The molecule has 29 heavy (non-hydrogen) atoms. The van der Waals surface area contributed by atoms with Crippen molar-refractivity contribution in [3.8, 4) is 0 Å². The van der Waals surface area contributed by atoms with Crippen LogP contribution in [0.2, 0.25) is 10.0 Å². The lowest BCUT2D eigenvalue weighted by atomic mass is 10.00. The van der Waals surface area contributed by atoms with E-state index in [4.69, 9.17) is 23.2 Å². The lowest BCUT2D eigenvalue weighted by Crippen LogP contribution is -2.35. The maximum Gasteiger partial charge on any atom is 0.258 e.